The lowest BCUT2D eigenvalue weighted by Gasteiger charge is -2.56. The van der Waals surface area contributed by atoms with Crippen molar-refractivity contribution in [3.8, 4) is 0 Å². The summed E-state index contributed by atoms with van der Waals surface area (Å²) >= 11 is 6.27. The fourth-order valence-electron chi connectivity index (χ4n) is 10.2. The lowest BCUT2D eigenvalue weighted by atomic mass is 9.81. The van der Waals surface area contributed by atoms with Crippen molar-refractivity contribution in [1.29, 1.82) is 0 Å². The molecule has 284 valence electrons. The van der Waals surface area contributed by atoms with Crippen LogP contribution in [-0.4, -0.2) is 55.5 Å². The van der Waals surface area contributed by atoms with Gasteiger partial charge in [-0.05, 0) is 90.6 Å². The maximum Gasteiger partial charge on any atom is 0.410 e. The third-order valence-corrected chi connectivity index (χ3v) is 20.5. The minimum atomic E-state index is -2.31. The van der Waals surface area contributed by atoms with E-state index in [1.165, 1.54) is 16.7 Å². The van der Waals surface area contributed by atoms with Crippen molar-refractivity contribution >= 4 is 31.6 Å². The van der Waals surface area contributed by atoms with Crippen LogP contribution >= 0.6 is 11.6 Å². The van der Waals surface area contributed by atoms with Crippen molar-refractivity contribution < 1.29 is 19.1 Å². The number of Topliss-reactive ketones (excluding diaryl/α,β-unsaturated/α-hetero) is 1. The predicted octanol–water partition coefficient (Wildman–Crippen LogP) is 12.4. The Balaban J connectivity index is 1.66. The minimum Gasteiger partial charge on any atom is -0.445 e. The zero-order valence-electron chi connectivity index (χ0n) is 33.0. The quantitative estimate of drug-likeness (QED) is 0.0921. The molecule has 5 atom stereocenters. The van der Waals surface area contributed by atoms with Gasteiger partial charge in [-0.2, -0.15) is 0 Å². The molecule has 0 aromatic heterocycles. The first-order valence-corrected chi connectivity index (χ1v) is 23.1. The van der Waals surface area contributed by atoms with Crippen molar-refractivity contribution in [2.75, 3.05) is 12.5 Å². The molecule has 2 fully saturated rings. The van der Waals surface area contributed by atoms with Crippen LogP contribution in [0.15, 0.2) is 54.6 Å². The first-order chi connectivity index (χ1) is 24.4. The normalized spacial score (nSPS) is 23.1. The summed E-state index contributed by atoms with van der Waals surface area (Å²) in [5.41, 5.74) is 4.83. The largest absolute Gasteiger partial charge is 0.445 e. The zero-order chi connectivity index (χ0) is 37.1. The molecule has 1 aliphatic heterocycles. The number of unbranched alkanes of at least 4 members (excludes halogenated alkanes) is 1. The molecule has 1 unspecified atom stereocenters. The van der Waals surface area contributed by atoms with Crippen LogP contribution in [0.5, 0.6) is 0 Å². The Labute approximate surface area is 316 Å². The maximum absolute atomic E-state index is 14.9. The van der Waals surface area contributed by atoms with Crippen LogP contribution in [-0.2, 0) is 20.9 Å². The second-order valence-corrected chi connectivity index (χ2v) is 23.2. The van der Waals surface area contributed by atoms with Gasteiger partial charge in [0.25, 0.3) is 0 Å². The van der Waals surface area contributed by atoms with Crippen molar-refractivity contribution in [2.45, 2.75) is 178 Å². The summed E-state index contributed by atoms with van der Waals surface area (Å²) in [5, 5.41) is 0. The molecule has 1 heterocycles. The summed E-state index contributed by atoms with van der Waals surface area (Å²) < 4.78 is 12.8. The SMILES string of the molecule is CC(C)c1ccc([C@H]2CCCC[C@@H]2OC(=O)N2[C@@H](CCCCl)CC(=O)C([Si](C(C)C)(C(C)C)C(C)C)[C@H]2CCCCOCc2ccccc2)cc1. The van der Waals surface area contributed by atoms with Crippen LogP contribution in [0.3, 0.4) is 0 Å². The van der Waals surface area contributed by atoms with Gasteiger partial charge in [-0.1, -0.05) is 116 Å². The molecule has 1 aliphatic carbocycles. The van der Waals surface area contributed by atoms with Gasteiger partial charge in [-0.15, -0.1) is 11.6 Å². The van der Waals surface area contributed by atoms with Crippen LogP contribution in [0.4, 0.5) is 4.79 Å². The molecule has 1 saturated carbocycles. The number of carbonyl (C=O) groups is 2. The number of benzene rings is 2. The number of halogens is 1. The molecule has 0 N–H and O–H groups in total. The van der Waals surface area contributed by atoms with E-state index in [1.807, 2.05) is 18.2 Å². The molecule has 4 rings (SSSR count). The Morgan fingerprint density at radius 1 is 0.843 bits per heavy atom. The topological polar surface area (TPSA) is 55.8 Å². The number of amides is 1. The molecule has 5 nitrogen and oxygen atoms in total. The number of ether oxygens (including phenoxy) is 2. The third kappa shape index (κ3) is 10.1. The molecule has 0 radical (unpaired) electrons. The van der Waals surface area contributed by atoms with E-state index in [0.717, 1.165) is 57.8 Å². The highest BCUT2D eigenvalue weighted by Crippen LogP contribution is 2.55. The van der Waals surface area contributed by atoms with Gasteiger partial charge in [0.15, 0.2) is 0 Å². The lowest BCUT2D eigenvalue weighted by molar-refractivity contribution is -0.125. The number of ketones is 1. The second kappa shape index (κ2) is 19.8. The predicted molar refractivity (Wildman–Crippen MR) is 216 cm³/mol. The van der Waals surface area contributed by atoms with E-state index >= 15 is 0 Å². The van der Waals surface area contributed by atoms with Gasteiger partial charge in [0.1, 0.15) is 11.9 Å². The summed E-state index contributed by atoms with van der Waals surface area (Å²) in [4.78, 5) is 31.7. The summed E-state index contributed by atoms with van der Waals surface area (Å²) in [6, 6.07) is 18.9. The molecule has 0 spiro atoms. The molecular weight excluding hydrogens is 670 g/mol. The van der Waals surface area contributed by atoms with Crippen LogP contribution in [0, 0.1) is 0 Å². The van der Waals surface area contributed by atoms with E-state index in [2.05, 4.69) is 96.7 Å². The van der Waals surface area contributed by atoms with Crippen molar-refractivity contribution in [2.24, 2.45) is 0 Å². The van der Waals surface area contributed by atoms with Crippen molar-refractivity contribution in [3.63, 3.8) is 0 Å². The Morgan fingerprint density at radius 2 is 1.49 bits per heavy atom. The van der Waals surface area contributed by atoms with E-state index in [4.69, 9.17) is 21.1 Å². The number of likely N-dealkylation sites (tertiary alicyclic amines) is 1. The molecule has 1 saturated heterocycles. The third-order valence-electron chi connectivity index (χ3n) is 12.5. The first kappa shape index (κ1) is 41.6. The Morgan fingerprint density at radius 3 is 2.10 bits per heavy atom. The summed E-state index contributed by atoms with van der Waals surface area (Å²) in [6.45, 7) is 19.7. The molecule has 2 aromatic carbocycles. The van der Waals surface area contributed by atoms with E-state index in [0.29, 0.717) is 53.8 Å². The molecule has 1 amide bonds. The molecule has 2 aliphatic rings. The molecule has 2 aromatic rings. The number of hydrogen-bond acceptors (Lipinski definition) is 4. The maximum atomic E-state index is 14.9. The van der Waals surface area contributed by atoms with Gasteiger partial charge >= 0.3 is 6.09 Å². The second-order valence-electron chi connectivity index (χ2n) is 16.7. The number of hydrogen-bond donors (Lipinski definition) is 0. The highest BCUT2D eigenvalue weighted by atomic mass is 35.5. The van der Waals surface area contributed by atoms with Crippen molar-refractivity contribution in [1.82, 2.24) is 4.90 Å². The van der Waals surface area contributed by atoms with Gasteiger partial charge < -0.3 is 14.4 Å². The van der Waals surface area contributed by atoms with Gasteiger partial charge in [-0.3, -0.25) is 4.79 Å². The smallest absolute Gasteiger partial charge is 0.410 e. The summed E-state index contributed by atoms with van der Waals surface area (Å²) in [7, 11) is -2.31. The van der Waals surface area contributed by atoms with Crippen LogP contribution < -0.4 is 0 Å². The first-order valence-electron chi connectivity index (χ1n) is 20.2. The van der Waals surface area contributed by atoms with Crippen molar-refractivity contribution in [3.05, 3.63) is 71.3 Å². The van der Waals surface area contributed by atoms with E-state index < -0.39 is 8.07 Å². The number of alkyl halides is 1. The van der Waals surface area contributed by atoms with E-state index in [1.54, 1.807) is 0 Å². The standard InChI is InChI=1S/C44H68ClNO4Si/c1-31(2)36-23-25-37(26-24-36)39-20-12-13-22-42(39)50-44(48)46-38(19-16-27-45)29-41(47)43(51(32(3)4,33(5)6)34(7)8)40(46)21-14-15-28-49-30-35-17-10-9-11-18-35/h9-11,17-18,23-26,31-34,38-40,42-43H,12-16,19-22,27-30H2,1-8H3/t38-,39+,40+,42-,43?/m0/s1. The number of nitrogens with zero attached hydrogens (tertiary/aromatic N) is 1. The van der Waals surface area contributed by atoms with Gasteiger partial charge in [0, 0.05) is 42.5 Å². The van der Waals surface area contributed by atoms with Gasteiger partial charge in [-0.25, -0.2) is 4.79 Å². The zero-order valence-corrected chi connectivity index (χ0v) is 34.8. The molecule has 0 bridgehead atoms. The molecule has 7 heteroatoms. The van der Waals surface area contributed by atoms with Crippen LogP contribution in [0.2, 0.25) is 22.2 Å². The van der Waals surface area contributed by atoms with E-state index in [-0.39, 0.29) is 35.7 Å². The molecular formula is C44H68ClNO4Si. The summed E-state index contributed by atoms with van der Waals surface area (Å²) in [6.07, 6.45) is 8.16. The Bertz CT molecular complexity index is 1320. The molecule has 51 heavy (non-hydrogen) atoms. The number of rotatable bonds is 17. The Hall–Kier alpha value is -2.15. The van der Waals surface area contributed by atoms with E-state index in [9.17, 15) is 9.59 Å². The van der Waals surface area contributed by atoms with Crippen LogP contribution in [0.1, 0.15) is 148 Å². The van der Waals surface area contributed by atoms with Gasteiger partial charge in [0.05, 0.1) is 14.7 Å². The number of carbonyl (C=O) groups excluding carboxylic acids is 2. The lowest BCUT2D eigenvalue weighted by Crippen LogP contribution is -2.64. The van der Waals surface area contributed by atoms with Crippen LogP contribution in [0.25, 0.3) is 0 Å². The monoisotopic (exact) mass is 737 g/mol. The fourth-order valence-corrected chi connectivity index (χ4v) is 18.2. The average molecular weight is 739 g/mol. The highest BCUT2D eigenvalue weighted by molar-refractivity contribution is 6.87. The number of piperidine rings is 1. The minimum absolute atomic E-state index is 0.131. The average Bonchev–Trinajstić information content (AvgIpc) is 3.10. The summed E-state index contributed by atoms with van der Waals surface area (Å²) in [5.74, 6) is 1.54. The highest BCUT2D eigenvalue weighted by Gasteiger charge is 2.59. The fraction of sp³-hybridized carbons (Fsp3) is 0.682. The Kier molecular flexibility index (Phi) is 16.1. The van der Waals surface area contributed by atoms with Gasteiger partial charge in [0.2, 0.25) is 0 Å².